The number of benzene rings is 1. The number of hydrogen-bond acceptors (Lipinski definition) is 4. The van der Waals surface area contributed by atoms with Gasteiger partial charge < -0.3 is 20.3 Å². The molecule has 0 bridgehead atoms. The van der Waals surface area contributed by atoms with E-state index in [9.17, 15) is 0 Å². The Kier molecular flexibility index (Phi) is 8.69. The largest absolute Gasteiger partial charge is 0.495 e. The summed E-state index contributed by atoms with van der Waals surface area (Å²) >= 11 is 1.78. The number of hydrogen-bond donors (Lipinski definition) is 2. The standard InChI is InChI=1S/C20H28N4OS.HI/c1-15-9-11-26-19(15)13-23-20(21-2)22-12-16-8-10-24(14-16)17-6-4-5-7-18(17)25-3;/h4-7,9,11,16H,8,10,12-14H2,1-3H3,(H2,21,22,23);1H. The van der Waals surface area contributed by atoms with Crippen molar-refractivity contribution >= 4 is 47.0 Å². The Labute approximate surface area is 183 Å². The van der Waals surface area contributed by atoms with Crippen LogP contribution in [0.1, 0.15) is 16.9 Å². The molecule has 2 N–H and O–H groups in total. The molecule has 0 saturated carbocycles. The van der Waals surface area contributed by atoms with Crippen LogP contribution in [0, 0.1) is 12.8 Å². The fourth-order valence-corrected chi connectivity index (χ4v) is 4.17. The molecule has 5 nitrogen and oxygen atoms in total. The fourth-order valence-electron chi connectivity index (χ4n) is 3.32. The molecule has 3 rings (SSSR count). The van der Waals surface area contributed by atoms with Crippen LogP contribution in [0.2, 0.25) is 0 Å². The Morgan fingerprint density at radius 1 is 1.30 bits per heavy atom. The van der Waals surface area contributed by atoms with Gasteiger partial charge in [-0.25, -0.2) is 0 Å². The molecule has 0 radical (unpaired) electrons. The molecular formula is C20H29IN4OS. The van der Waals surface area contributed by atoms with Crippen molar-refractivity contribution in [3.8, 4) is 5.75 Å². The van der Waals surface area contributed by atoms with Crippen LogP contribution in [-0.2, 0) is 6.54 Å². The second kappa shape index (κ2) is 10.8. The normalized spacial score (nSPS) is 16.8. The van der Waals surface area contributed by atoms with Gasteiger partial charge in [-0.05, 0) is 48.4 Å². The highest BCUT2D eigenvalue weighted by atomic mass is 127. The zero-order chi connectivity index (χ0) is 18.4. The molecule has 0 aliphatic carbocycles. The van der Waals surface area contributed by atoms with Gasteiger partial charge in [0.2, 0.25) is 0 Å². The summed E-state index contributed by atoms with van der Waals surface area (Å²) in [5.41, 5.74) is 2.52. The van der Waals surface area contributed by atoms with Gasteiger partial charge in [0.1, 0.15) is 5.75 Å². The van der Waals surface area contributed by atoms with Crippen LogP contribution >= 0.6 is 35.3 Å². The number of anilines is 1. The number of aliphatic imine (C=N–C) groups is 1. The first kappa shape index (κ1) is 21.8. The Morgan fingerprint density at radius 3 is 2.81 bits per heavy atom. The number of halogens is 1. The Hall–Kier alpha value is -1.48. The monoisotopic (exact) mass is 500 g/mol. The third-order valence-corrected chi connectivity index (χ3v) is 5.90. The Morgan fingerprint density at radius 2 is 2.11 bits per heavy atom. The van der Waals surface area contributed by atoms with E-state index in [0.29, 0.717) is 5.92 Å². The van der Waals surface area contributed by atoms with Gasteiger partial charge in [0.15, 0.2) is 5.96 Å². The highest BCUT2D eigenvalue weighted by Crippen LogP contribution is 2.31. The first-order chi connectivity index (χ1) is 12.7. The third kappa shape index (κ3) is 5.75. The minimum absolute atomic E-state index is 0. The molecule has 2 heterocycles. The molecule has 2 aromatic rings. The van der Waals surface area contributed by atoms with Crippen molar-refractivity contribution in [1.29, 1.82) is 0 Å². The second-order valence-electron chi connectivity index (χ2n) is 6.61. The molecular weight excluding hydrogens is 471 g/mol. The lowest BCUT2D eigenvalue weighted by Gasteiger charge is -2.21. The highest BCUT2D eigenvalue weighted by molar-refractivity contribution is 14.0. The van der Waals surface area contributed by atoms with Crippen molar-refractivity contribution in [3.05, 3.63) is 46.2 Å². The molecule has 1 aliphatic rings. The molecule has 1 saturated heterocycles. The molecule has 148 valence electrons. The van der Waals surface area contributed by atoms with Crippen molar-refractivity contribution in [2.75, 3.05) is 38.7 Å². The number of thiophene rings is 1. The van der Waals surface area contributed by atoms with Crippen LogP contribution < -0.4 is 20.3 Å². The Bertz CT molecular complexity index is 749. The number of rotatable bonds is 6. The Balaban J connectivity index is 0.00000261. The van der Waals surface area contributed by atoms with E-state index in [2.05, 4.69) is 51.0 Å². The summed E-state index contributed by atoms with van der Waals surface area (Å²) < 4.78 is 5.50. The predicted octanol–water partition coefficient (Wildman–Crippen LogP) is 3.87. The molecule has 1 fully saturated rings. The average Bonchev–Trinajstić information content (AvgIpc) is 3.31. The predicted molar refractivity (Wildman–Crippen MR) is 126 cm³/mol. The smallest absolute Gasteiger partial charge is 0.191 e. The van der Waals surface area contributed by atoms with Gasteiger partial charge in [0.25, 0.3) is 0 Å². The SMILES string of the molecule is CN=C(NCc1sccc1C)NCC1CCN(c2ccccc2OC)C1.I. The van der Waals surface area contributed by atoms with Crippen LogP contribution in [0.25, 0.3) is 0 Å². The van der Waals surface area contributed by atoms with E-state index >= 15 is 0 Å². The molecule has 27 heavy (non-hydrogen) atoms. The first-order valence-electron chi connectivity index (χ1n) is 9.06. The van der Waals surface area contributed by atoms with Crippen LogP contribution in [0.5, 0.6) is 5.75 Å². The number of para-hydroxylation sites is 2. The lowest BCUT2D eigenvalue weighted by atomic mass is 10.1. The first-order valence-corrected chi connectivity index (χ1v) is 9.94. The van der Waals surface area contributed by atoms with E-state index < -0.39 is 0 Å². The maximum atomic E-state index is 5.50. The van der Waals surface area contributed by atoms with Crippen LogP contribution in [0.3, 0.4) is 0 Å². The molecule has 1 aliphatic heterocycles. The van der Waals surface area contributed by atoms with E-state index in [1.54, 1.807) is 18.4 Å². The van der Waals surface area contributed by atoms with Crippen LogP contribution in [0.15, 0.2) is 40.7 Å². The van der Waals surface area contributed by atoms with Crippen LogP contribution in [-0.4, -0.2) is 39.8 Å². The molecule has 1 atom stereocenters. The number of aryl methyl sites for hydroxylation is 1. The van der Waals surface area contributed by atoms with Gasteiger partial charge in [-0.1, -0.05) is 12.1 Å². The van der Waals surface area contributed by atoms with Gasteiger partial charge >= 0.3 is 0 Å². The maximum absolute atomic E-state index is 5.50. The minimum atomic E-state index is 0. The second-order valence-corrected chi connectivity index (χ2v) is 7.61. The zero-order valence-corrected chi connectivity index (χ0v) is 19.3. The number of ether oxygens (including phenoxy) is 1. The average molecular weight is 500 g/mol. The summed E-state index contributed by atoms with van der Waals surface area (Å²) in [7, 11) is 3.56. The summed E-state index contributed by atoms with van der Waals surface area (Å²) in [6.07, 6.45) is 1.17. The van der Waals surface area contributed by atoms with Crippen molar-refractivity contribution < 1.29 is 4.74 Å². The lowest BCUT2D eigenvalue weighted by molar-refractivity contribution is 0.414. The quantitative estimate of drug-likeness (QED) is 0.359. The number of nitrogens with zero attached hydrogens (tertiary/aromatic N) is 2. The van der Waals surface area contributed by atoms with E-state index in [4.69, 9.17) is 4.74 Å². The van der Waals surface area contributed by atoms with Gasteiger partial charge in [-0.15, -0.1) is 35.3 Å². The number of guanidine groups is 1. The van der Waals surface area contributed by atoms with Crippen molar-refractivity contribution in [2.45, 2.75) is 19.9 Å². The summed E-state index contributed by atoms with van der Waals surface area (Å²) in [6.45, 7) is 5.99. The highest BCUT2D eigenvalue weighted by Gasteiger charge is 2.24. The summed E-state index contributed by atoms with van der Waals surface area (Å²) in [4.78, 5) is 8.12. The molecule has 1 aromatic carbocycles. The topological polar surface area (TPSA) is 48.9 Å². The molecule has 1 unspecified atom stereocenters. The van der Waals surface area contributed by atoms with Crippen molar-refractivity contribution in [2.24, 2.45) is 10.9 Å². The zero-order valence-electron chi connectivity index (χ0n) is 16.2. The molecule has 0 amide bonds. The molecule has 0 spiro atoms. The van der Waals surface area contributed by atoms with E-state index in [-0.39, 0.29) is 24.0 Å². The van der Waals surface area contributed by atoms with Gasteiger partial charge in [-0.2, -0.15) is 0 Å². The van der Waals surface area contributed by atoms with Crippen molar-refractivity contribution in [3.63, 3.8) is 0 Å². The molecule has 7 heteroatoms. The summed E-state index contributed by atoms with van der Waals surface area (Å²) in [5, 5.41) is 9.03. The minimum Gasteiger partial charge on any atom is -0.495 e. The maximum Gasteiger partial charge on any atom is 0.191 e. The van der Waals surface area contributed by atoms with E-state index in [1.807, 2.05) is 19.2 Å². The van der Waals surface area contributed by atoms with E-state index in [0.717, 1.165) is 37.9 Å². The number of nitrogens with one attached hydrogen (secondary N) is 2. The van der Waals surface area contributed by atoms with Gasteiger partial charge in [0.05, 0.1) is 19.3 Å². The summed E-state index contributed by atoms with van der Waals surface area (Å²) in [5.74, 6) is 2.42. The van der Waals surface area contributed by atoms with Crippen LogP contribution in [0.4, 0.5) is 5.69 Å². The van der Waals surface area contributed by atoms with Gasteiger partial charge in [-0.3, -0.25) is 4.99 Å². The fraction of sp³-hybridized carbons (Fsp3) is 0.450. The third-order valence-electron chi connectivity index (χ3n) is 4.88. The summed E-state index contributed by atoms with van der Waals surface area (Å²) in [6, 6.07) is 10.4. The lowest BCUT2D eigenvalue weighted by Crippen LogP contribution is -2.39. The van der Waals surface area contributed by atoms with Crippen molar-refractivity contribution in [1.82, 2.24) is 10.6 Å². The molecule has 1 aromatic heterocycles. The van der Waals surface area contributed by atoms with Gasteiger partial charge in [0, 0.05) is 31.6 Å². The number of methoxy groups -OCH3 is 1. The van der Waals surface area contributed by atoms with E-state index in [1.165, 1.54) is 22.5 Å².